The van der Waals surface area contributed by atoms with Crippen LogP contribution in [0.15, 0.2) is 11.8 Å². The quantitative estimate of drug-likeness (QED) is 0.359. The second-order valence-corrected chi connectivity index (χ2v) is 15.7. The summed E-state index contributed by atoms with van der Waals surface area (Å²) in [6.45, 7) is 15.7. The molecule has 0 radical (unpaired) electrons. The average molecular weight is 431 g/mol. The van der Waals surface area contributed by atoms with Crippen molar-refractivity contribution < 1.29 is 34.9 Å². The molecule has 1 fully saturated rings. The molecule has 1 saturated heterocycles. The second kappa shape index (κ2) is 6.21. The fraction of sp³-hybridized carbons (Fsp3) is 0.882. The number of fused-ring (bicyclic) bond motifs is 2. The van der Waals surface area contributed by atoms with Gasteiger partial charge >= 0.3 is 15.6 Å². The van der Waals surface area contributed by atoms with Gasteiger partial charge < -0.3 is 13.3 Å². The van der Waals surface area contributed by atoms with Gasteiger partial charge in [0.2, 0.25) is 0 Å². The molecule has 2 heterocycles. The molecule has 27 heavy (non-hydrogen) atoms. The average Bonchev–Trinajstić information content (AvgIpc) is 2.84. The molecule has 0 aromatic rings. The van der Waals surface area contributed by atoms with E-state index in [1.165, 1.54) is 6.08 Å². The highest BCUT2D eigenvalue weighted by Crippen LogP contribution is 2.56. The monoisotopic (exact) mass is 430 g/mol. The molecule has 0 saturated carbocycles. The van der Waals surface area contributed by atoms with Crippen molar-refractivity contribution in [1.82, 2.24) is 0 Å². The molecule has 0 N–H and O–H groups in total. The summed E-state index contributed by atoms with van der Waals surface area (Å²) in [6, 6.07) is 0. The van der Waals surface area contributed by atoms with E-state index in [9.17, 15) is 21.6 Å². The van der Waals surface area contributed by atoms with E-state index in [1.54, 1.807) is 20.8 Å². The Morgan fingerprint density at radius 3 is 2.19 bits per heavy atom. The third-order valence-corrected chi connectivity index (χ3v) is 11.5. The van der Waals surface area contributed by atoms with E-state index < -0.39 is 35.1 Å². The van der Waals surface area contributed by atoms with Crippen LogP contribution in [0.4, 0.5) is 13.2 Å². The summed E-state index contributed by atoms with van der Waals surface area (Å²) in [6.07, 6.45) is 1.20. The van der Waals surface area contributed by atoms with Crippen molar-refractivity contribution in [2.75, 3.05) is 0 Å². The van der Waals surface area contributed by atoms with Crippen molar-refractivity contribution in [3.8, 4) is 0 Å². The van der Waals surface area contributed by atoms with Gasteiger partial charge in [-0.15, -0.1) is 0 Å². The molecule has 2 aliphatic heterocycles. The van der Waals surface area contributed by atoms with Crippen LogP contribution in [-0.4, -0.2) is 39.5 Å². The Bertz CT molecular complexity index is 739. The zero-order chi connectivity index (χ0) is 21.3. The molecular weight excluding hydrogens is 401 g/mol. The first-order valence-corrected chi connectivity index (χ1v) is 13.2. The first-order valence-electron chi connectivity index (χ1n) is 8.89. The van der Waals surface area contributed by atoms with Gasteiger partial charge in [-0.25, -0.2) is 0 Å². The molecule has 10 heteroatoms. The minimum Gasteiger partial charge on any atom is -0.411 e. The Morgan fingerprint density at radius 1 is 1.26 bits per heavy atom. The number of halogens is 3. The summed E-state index contributed by atoms with van der Waals surface area (Å²) in [5, 5.41) is -0.0567. The normalized spacial score (nSPS) is 32.1. The maximum absolute atomic E-state index is 12.8. The molecule has 2 rings (SSSR count). The number of alkyl halides is 3. The molecule has 2 bridgehead atoms. The van der Waals surface area contributed by atoms with Crippen molar-refractivity contribution >= 4 is 18.4 Å². The molecule has 158 valence electrons. The molecule has 3 atom stereocenters. The van der Waals surface area contributed by atoms with Crippen molar-refractivity contribution in [3.05, 3.63) is 11.8 Å². The van der Waals surface area contributed by atoms with E-state index in [-0.39, 0.29) is 29.2 Å². The van der Waals surface area contributed by atoms with Crippen LogP contribution in [0.2, 0.25) is 18.1 Å². The zero-order valence-electron chi connectivity index (χ0n) is 17.0. The SMILES string of the molecule is CC(C)[C@]12C[C@@H](O[Si](C)(C)C(C)(C)C)[C@](C)(C=C1OS(=O)(=O)C(F)(F)F)O2. The lowest BCUT2D eigenvalue weighted by molar-refractivity contribution is -0.0805. The zero-order valence-corrected chi connectivity index (χ0v) is 18.8. The lowest BCUT2D eigenvalue weighted by atomic mass is 9.79. The summed E-state index contributed by atoms with van der Waals surface area (Å²) in [4.78, 5) is 0. The predicted octanol–water partition coefficient (Wildman–Crippen LogP) is 4.71. The minimum atomic E-state index is -5.76. The highest BCUT2D eigenvalue weighted by Gasteiger charge is 2.65. The Kier molecular flexibility index (Phi) is 5.22. The molecular formula is C17H29F3O5SSi. The molecule has 5 nitrogen and oxygen atoms in total. The first kappa shape index (κ1) is 22.7. The van der Waals surface area contributed by atoms with Crippen LogP contribution >= 0.6 is 0 Å². The van der Waals surface area contributed by atoms with E-state index in [0.717, 1.165) is 0 Å². The van der Waals surface area contributed by atoms with Gasteiger partial charge in [0.15, 0.2) is 14.1 Å². The molecule has 0 aromatic heterocycles. The Labute approximate surface area is 160 Å². The third kappa shape index (κ3) is 3.69. The number of hydrogen-bond donors (Lipinski definition) is 0. The standard InChI is InChI=1S/C17H29F3O5SSi/c1-11(2)16-10-12(24-27(7,8)14(3,4)5)15(6,25-16)9-13(16)23-26(21,22)17(18,19)20/h9,11-12H,10H2,1-8H3/t12-,15+,16-/m1/s1. The smallest absolute Gasteiger partial charge is 0.411 e. The highest BCUT2D eigenvalue weighted by molar-refractivity contribution is 7.87. The molecule has 0 spiro atoms. The molecule has 0 unspecified atom stereocenters. The van der Waals surface area contributed by atoms with Crippen LogP contribution in [0.5, 0.6) is 0 Å². The van der Waals surface area contributed by atoms with Crippen LogP contribution in [-0.2, 0) is 23.5 Å². The fourth-order valence-electron chi connectivity index (χ4n) is 3.22. The highest BCUT2D eigenvalue weighted by atomic mass is 32.2. The summed E-state index contributed by atoms with van der Waals surface area (Å²) < 4.78 is 78.5. The number of rotatable bonds is 5. The van der Waals surface area contributed by atoms with Crippen LogP contribution in [0, 0.1) is 5.92 Å². The van der Waals surface area contributed by atoms with E-state index >= 15 is 0 Å². The van der Waals surface area contributed by atoms with Crippen molar-refractivity contribution in [2.45, 2.75) is 88.9 Å². The van der Waals surface area contributed by atoms with Crippen LogP contribution in [0.3, 0.4) is 0 Å². The summed E-state index contributed by atoms with van der Waals surface area (Å²) in [5.74, 6) is -0.602. The largest absolute Gasteiger partial charge is 0.534 e. The van der Waals surface area contributed by atoms with Gasteiger partial charge in [0.05, 0.1) is 6.10 Å². The van der Waals surface area contributed by atoms with Crippen LogP contribution in [0.25, 0.3) is 0 Å². The maximum atomic E-state index is 12.8. The van der Waals surface area contributed by atoms with Gasteiger partial charge in [0, 0.05) is 6.42 Å². The maximum Gasteiger partial charge on any atom is 0.534 e. The van der Waals surface area contributed by atoms with Gasteiger partial charge in [-0.1, -0.05) is 34.6 Å². The van der Waals surface area contributed by atoms with Crippen molar-refractivity contribution in [1.29, 1.82) is 0 Å². The lowest BCUT2D eigenvalue weighted by Gasteiger charge is -2.41. The van der Waals surface area contributed by atoms with Gasteiger partial charge in [0.1, 0.15) is 11.2 Å². The Hall–Kier alpha value is -0.583. The van der Waals surface area contributed by atoms with E-state index in [4.69, 9.17) is 9.16 Å². The van der Waals surface area contributed by atoms with Crippen molar-refractivity contribution in [3.63, 3.8) is 0 Å². The summed E-state index contributed by atoms with van der Waals surface area (Å²) in [7, 11) is -7.93. The summed E-state index contributed by atoms with van der Waals surface area (Å²) >= 11 is 0. The van der Waals surface area contributed by atoms with E-state index in [0.29, 0.717) is 0 Å². The topological polar surface area (TPSA) is 61.8 Å². The van der Waals surface area contributed by atoms with Gasteiger partial charge in [-0.05, 0) is 37.0 Å². The molecule has 0 aliphatic carbocycles. The Morgan fingerprint density at radius 2 is 1.78 bits per heavy atom. The van der Waals surface area contributed by atoms with Gasteiger partial charge in [0.25, 0.3) is 0 Å². The summed E-state index contributed by atoms with van der Waals surface area (Å²) in [5.41, 5.74) is -7.80. The Balaban J connectivity index is 2.40. The minimum absolute atomic E-state index is 0.0567. The third-order valence-electron chi connectivity index (χ3n) is 6.02. The van der Waals surface area contributed by atoms with Gasteiger partial charge in [-0.3, -0.25) is 0 Å². The van der Waals surface area contributed by atoms with E-state index in [2.05, 4.69) is 38.0 Å². The van der Waals surface area contributed by atoms with E-state index in [1.807, 2.05) is 0 Å². The number of ether oxygens (including phenoxy) is 1. The van der Waals surface area contributed by atoms with Crippen LogP contribution < -0.4 is 0 Å². The number of hydrogen-bond acceptors (Lipinski definition) is 5. The molecule has 2 aliphatic rings. The van der Waals surface area contributed by atoms with Crippen molar-refractivity contribution in [2.24, 2.45) is 5.92 Å². The van der Waals surface area contributed by atoms with Gasteiger partial charge in [-0.2, -0.15) is 21.6 Å². The van der Waals surface area contributed by atoms with Crippen LogP contribution in [0.1, 0.15) is 48.0 Å². The molecule has 0 amide bonds. The lowest BCUT2D eigenvalue weighted by Crippen LogP contribution is -2.49. The predicted molar refractivity (Wildman–Crippen MR) is 97.9 cm³/mol. The first-order chi connectivity index (χ1) is 11.8. The fourth-order valence-corrected chi connectivity index (χ4v) is 5.13. The molecule has 0 aromatic carbocycles. The second-order valence-electron chi connectivity index (χ2n) is 9.39.